The van der Waals surface area contributed by atoms with Crippen LogP contribution in [0.4, 0.5) is 14.5 Å². The van der Waals surface area contributed by atoms with E-state index in [-0.39, 0.29) is 5.56 Å². The van der Waals surface area contributed by atoms with Crippen LogP contribution in [0.2, 0.25) is 0 Å². The van der Waals surface area contributed by atoms with Gasteiger partial charge in [-0.15, -0.1) is 0 Å². The molecule has 0 atom stereocenters. The Morgan fingerprint density at radius 1 is 1.08 bits per heavy atom. The smallest absolute Gasteiger partial charge is 0.256 e. The monoisotopic (exact) mass is 346 g/mol. The number of anilines is 1. The van der Waals surface area contributed by atoms with Crippen LogP contribution in [-0.4, -0.2) is 43.6 Å². The SMILES string of the molecule is CCOc1ccccc1N1CCN(C(=O)c2ccc(F)cc2F)CC1. The third kappa shape index (κ3) is 3.73. The maximum atomic E-state index is 13.8. The third-order valence-corrected chi connectivity index (χ3v) is 4.23. The van der Waals surface area contributed by atoms with E-state index in [2.05, 4.69) is 4.90 Å². The number of carbonyl (C=O) groups is 1. The molecule has 2 aromatic rings. The van der Waals surface area contributed by atoms with Crippen molar-refractivity contribution in [1.29, 1.82) is 0 Å². The minimum atomic E-state index is -0.825. The first kappa shape index (κ1) is 17.2. The zero-order valence-electron chi connectivity index (χ0n) is 14.0. The minimum absolute atomic E-state index is 0.0930. The summed E-state index contributed by atoms with van der Waals surface area (Å²) in [5, 5.41) is 0. The van der Waals surface area contributed by atoms with Gasteiger partial charge in [-0.1, -0.05) is 12.1 Å². The molecule has 1 aliphatic heterocycles. The van der Waals surface area contributed by atoms with Crippen LogP contribution in [-0.2, 0) is 0 Å². The van der Waals surface area contributed by atoms with Crippen LogP contribution in [0.3, 0.4) is 0 Å². The van der Waals surface area contributed by atoms with Crippen LogP contribution in [0.5, 0.6) is 5.75 Å². The van der Waals surface area contributed by atoms with Gasteiger partial charge in [0.25, 0.3) is 5.91 Å². The van der Waals surface area contributed by atoms with Gasteiger partial charge in [0.2, 0.25) is 0 Å². The Morgan fingerprint density at radius 2 is 1.80 bits per heavy atom. The number of halogens is 2. The highest BCUT2D eigenvalue weighted by atomic mass is 19.1. The van der Waals surface area contributed by atoms with Crippen LogP contribution in [0.1, 0.15) is 17.3 Å². The second-order valence-corrected chi connectivity index (χ2v) is 5.80. The number of nitrogens with zero attached hydrogens (tertiary/aromatic N) is 2. The minimum Gasteiger partial charge on any atom is -0.492 e. The highest BCUT2D eigenvalue weighted by Crippen LogP contribution is 2.29. The molecule has 132 valence electrons. The molecule has 0 N–H and O–H groups in total. The van der Waals surface area contributed by atoms with Crippen molar-refractivity contribution in [3.8, 4) is 5.75 Å². The Labute approximate surface area is 145 Å². The summed E-state index contributed by atoms with van der Waals surface area (Å²) in [4.78, 5) is 16.2. The number of amides is 1. The zero-order chi connectivity index (χ0) is 17.8. The predicted molar refractivity (Wildman–Crippen MR) is 92.1 cm³/mol. The van der Waals surface area contributed by atoms with Gasteiger partial charge < -0.3 is 14.5 Å². The fourth-order valence-corrected chi connectivity index (χ4v) is 2.98. The van der Waals surface area contributed by atoms with Crippen LogP contribution < -0.4 is 9.64 Å². The van der Waals surface area contributed by atoms with E-state index in [4.69, 9.17) is 4.74 Å². The van der Waals surface area contributed by atoms with Gasteiger partial charge in [0.05, 0.1) is 17.9 Å². The number of piperazine rings is 1. The summed E-state index contributed by atoms with van der Waals surface area (Å²) in [7, 11) is 0. The van der Waals surface area contributed by atoms with Gasteiger partial charge in [0.15, 0.2) is 0 Å². The predicted octanol–water partition coefficient (Wildman–Crippen LogP) is 3.33. The number of carbonyl (C=O) groups excluding carboxylic acids is 1. The van der Waals surface area contributed by atoms with E-state index < -0.39 is 17.5 Å². The van der Waals surface area contributed by atoms with Gasteiger partial charge >= 0.3 is 0 Å². The molecule has 4 nitrogen and oxygen atoms in total. The summed E-state index contributed by atoms with van der Waals surface area (Å²) in [5.41, 5.74) is 0.897. The quantitative estimate of drug-likeness (QED) is 0.851. The second-order valence-electron chi connectivity index (χ2n) is 5.80. The highest BCUT2D eigenvalue weighted by Gasteiger charge is 2.25. The van der Waals surface area contributed by atoms with Gasteiger partial charge in [0.1, 0.15) is 17.4 Å². The van der Waals surface area contributed by atoms with E-state index in [0.717, 1.165) is 23.6 Å². The summed E-state index contributed by atoms with van der Waals surface area (Å²) >= 11 is 0. The Hall–Kier alpha value is -2.63. The van der Waals surface area contributed by atoms with Crippen molar-refractivity contribution in [2.45, 2.75) is 6.92 Å². The van der Waals surface area contributed by atoms with Crippen LogP contribution in [0.15, 0.2) is 42.5 Å². The van der Waals surface area contributed by atoms with Gasteiger partial charge in [-0.05, 0) is 31.2 Å². The fourth-order valence-electron chi connectivity index (χ4n) is 2.98. The highest BCUT2D eigenvalue weighted by molar-refractivity contribution is 5.94. The number of ether oxygens (including phenoxy) is 1. The molecule has 1 saturated heterocycles. The van der Waals surface area contributed by atoms with Gasteiger partial charge in [-0.25, -0.2) is 8.78 Å². The van der Waals surface area contributed by atoms with Gasteiger partial charge in [-0.2, -0.15) is 0 Å². The lowest BCUT2D eigenvalue weighted by molar-refractivity contribution is 0.0742. The molecular formula is C19H20F2N2O2. The van der Waals surface area contributed by atoms with E-state index in [1.165, 1.54) is 6.07 Å². The first-order valence-electron chi connectivity index (χ1n) is 8.31. The zero-order valence-corrected chi connectivity index (χ0v) is 14.0. The molecule has 0 aliphatic carbocycles. The summed E-state index contributed by atoms with van der Waals surface area (Å²) in [6.45, 7) is 4.70. The normalized spacial score (nSPS) is 14.5. The summed E-state index contributed by atoms with van der Waals surface area (Å²) < 4.78 is 32.5. The maximum Gasteiger partial charge on any atom is 0.256 e. The van der Waals surface area contributed by atoms with Crippen LogP contribution in [0.25, 0.3) is 0 Å². The van der Waals surface area contributed by atoms with Gasteiger partial charge in [0, 0.05) is 32.2 Å². The molecule has 1 fully saturated rings. The molecule has 3 rings (SSSR count). The summed E-state index contributed by atoms with van der Waals surface area (Å²) in [6.07, 6.45) is 0. The van der Waals surface area contributed by atoms with Crippen LogP contribution in [0, 0.1) is 11.6 Å². The molecule has 6 heteroatoms. The average molecular weight is 346 g/mol. The van der Waals surface area contributed by atoms with Crippen LogP contribution >= 0.6 is 0 Å². The molecule has 0 bridgehead atoms. The first-order valence-corrected chi connectivity index (χ1v) is 8.31. The molecule has 0 spiro atoms. The van der Waals surface area contributed by atoms with Crippen molar-refractivity contribution < 1.29 is 18.3 Å². The Morgan fingerprint density at radius 3 is 2.48 bits per heavy atom. The van der Waals surface area contributed by atoms with Crippen molar-refractivity contribution in [3.63, 3.8) is 0 Å². The van der Waals surface area contributed by atoms with E-state index in [1.807, 2.05) is 31.2 Å². The lowest BCUT2D eigenvalue weighted by Crippen LogP contribution is -2.49. The Balaban J connectivity index is 1.69. The first-order chi connectivity index (χ1) is 12.1. The van der Waals surface area contributed by atoms with Crippen molar-refractivity contribution in [3.05, 3.63) is 59.7 Å². The lowest BCUT2D eigenvalue weighted by atomic mass is 10.1. The molecule has 1 amide bonds. The van der Waals surface area contributed by atoms with Crippen molar-refractivity contribution in [2.24, 2.45) is 0 Å². The Kier molecular flexibility index (Phi) is 5.16. The summed E-state index contributed by atoms with van der Waals surface area (Å²) in [5.74, 6) is -1.11. The maximum absolute atomic E-state index is 13.8. The molecule has 0 unspecified atom stereocenters. The number of para-hydroxylation sites is 2. The number of benzene rings is 2. The molecule has 0 aromatic heterocycles. The fraction of sp³-hybridized carbons (Fsp3) is 0.316. The number of hydrogen-bond donors (Lipinski definition) is 0. The van der Waals surface area contributed by atoms with E-state index >= 15 is 0 Å². The van der Waals surface area contributed by atoms with Crippen molar-refractivity contribution >= 4 is 11.6 Å². The number of rotatable bonds is 4. The van der Waals surface area contributed by atoms with E-state index in [0.29, 0.717) is 32.8 Å². The molecule has 1 heterocycles. The number of hydrogen-bond acceptors (Lipinski definition) is 3. The van der Waals surface area contributed by atoms with Crippen molar-refractivity contribution in [1.82, 2.24) is 4.90 Å². The topological polar surface area (TPSA) is 32.8 Å². The third-order valence-electron chi connectivity index (χ3n) is 4.23. The van der Waals surface area contributed by atoms with E-state index in [1.54, 1.807) is 4.90 Å². The molecular weight excluding hydrogens is 326 g/mol. The molecule has 0 saturated carbocycles. The second kappa shape index (κ2) is 7.51. The average Bonchev–Trinajstić information content (AvgIpc) is 2.62. The van der Waals surface area contributed by atoms with Gasteiger partial charge in [-0.3, -0.25) is 4.79 Å². The summed E-state index contributed by atoms with van der Waals surface area (Å²) in [6, 6.07) is 10.8. The molecule has 2 aromatic carbocycles. The Bertz CT molecular complexity index is 759. The molecule has 25 heavy (non-hydrogen) atoms. The standard InChI is InChI=1S/C19H20F2N2O2/c1-2-25-18-6-4-3-5-17(18)22-9-11-23(12-10-22)19(24)15-8-7-14(20)13-16(15)21/h3-8,13H,2,9-12H2,1H3. The molecule has 0 radical (unpaired) electrons. The van der Waals surface area contributed by atoms with Crippen molar-refractivity contribution in [2.75, 3.05) is 37.7 Å². The molecule has 1 aliphatic rings. The lowest BCUT2D eigenvalue weighted by Gasteiger charge is -2.36. The largest absolute Gasteiger partial charge is 0.492 e. The van der Waals surface area contributed by atoms with E-state index in [9.17, 15) is 13.6 Å².